The summed E-state index contributed by atoms with van der Waals surface area (Å²) in [6, 6.07) is 7.81. The molecule has 0 saturated carbocycles. The number of nitrogens with one attached hydrogen (secondary N) is 1. The van der Waals surface area contributed by atoms with E-state index in [1.807, 2.05) is 29.6 Å². The van der Waals surface area contributed by atoms with Crippen molar-refractivity contribution in [2.24, 2.45) is 4.99 Å². The smallest absolute Gasteiger partial charge is 0.168 e. The number of fused-ring (bicyclic) bond motifs is 1. The van der Waals surface area contributed by atoms with Crippen molar-refractivity contribution < 1.29 is 4.74 Å². The lowest BCUT2D eigenvalue weighted by molar-refractivity contribution is 0.415. The van der Waals surface area contributed by atoms with Crippen molar-refractivity contribution in [2.45, 2.75) is 6.42 Å². The lowest BCUT2D eigenvalue weighted by atomic mass is 10.3. The van der Waals surface area contributed by atoms with E-state index in [1.165, 1.54) is 11.3 Å². The summed E-state index contributed by atoms with van der Waals surface area (Å²) in [5.74, 6) is 7.91. The zero-order valence-corrected chi connectivity index (χ0v) is 15.6. The van der Waals surface area contributed by atoms with Crippen LogP contribution in [0.4, 0.5) is 5.00 Å². The zero-order chi connectivity index (χ0) is 17.6. The van der Waals surface area contributed by atoms with Crippen molar-refractivity contribution in [3.05, 3.63) is 40.2 Å². The number of hydrogen-bond acceptors (Lipinski definition) is 6. The minimum absolute atomic E-state index is 0.697. The Balaban J connectivity index is 1.59. The predicted molar refractivity (Wildman–Crippen MR) is 107 cm³/mol. The second-order valence-electron chi connectivity index (χ2n) is 5.10. The summed E-state index contributed by atoms with van der Waals surface area (Å²) >= 11 is 3.08. The molecule has 0 saturated heterocycles. The highest BCUT2D eigenvalue weighted by Gasteiger charge is 2.07. The van der Waals surface area contributed by atoms with Gasteiger partial charge in [-0.1, -0.05) is 5.92 Å². The first-order chi connectivity index (χ1) is 12.2. The molecule has 0 radical (unpaired) electrons. The highest BCUT2D eigenvalue weighted by Crippen LogP contribution is 2.25. The number of aromatic nitrogens is 1. The summed E-state index contributed by atoms with van der Waals surface area (Å²) in [7, 11) is 3.41. The molecule has 0 amide bonds. The van der Waals surface area contributed by atoms with Gasteiger partial charge < -0.3 is 15.8 Å². The number of aliphatic imine (C=N–C) groups is 1. The second-order valence-corrected chi connectivity index (χ2v) is 7.08. The van der Waals surface area contributed by atoms with E-state index in [1.54, 1.807) is 25.5 Å². The molecule has 1 aromatic carbocycles. The molecule has 3 N–H and O–H groups in total. The lowest BCUT2D eigenvalue weighted by Crippen LogP contribution is -2.25. The van der Waals surface area contributed by atoms with Crippen LogP contribution in [-0.2, 0) is 0 Å². The Bertz CT molecular complexity index is 962. The molecule has 3 rings (SSSR count). The normalized spacial score (nSPS) is 11.2. The van der Waals surface area contributed by atoms with Gasteiger partial charge in [-0.05, 0) is 35.6 Å². The highest BCUT2D eigenvalue weighted by atomic mass is 32.1. The molecule has 0 aliphatic rings. The van der Waals surface area contributed by atoms with Gasteiger partial charge >= 0.3 is 0 Å². The maximum Gasteiger partial charge on any atom is 0.168 e. The van der Waals surface area contributed by atoms with Crippen LogP contribution in [-0.4, -0.2) is 31.5 Å². The Morgan fingerprint density at radius 3 is 3.00 bits per heavy atom. The van der Waals surface area contributed by atoms with Gasteiger partial charge in [0.2, 0.25) is 0 Å². The van der Waals surface area contributed by atoms with Crippen molar-refractivity contribution in [1.82, 2.24) is 10.3 Å². The molecule has 0 aliphatic carbocycles. The number of rotatable bonds is 4. The molecule has 0 aliphatic heterocycles. The lowest BCUT2D eigenvalue weighted by Gasteiger charge is -2.06. The molecular formula is C18H18N4OS2. The van der Waals surface area contributed by atoms with Crippen LogP contribution >= 0.6 is 22.7 Å². The molecule has 7 heteroatoms. The summed E-state index contributed by atoms with van der Waals surface area (Å²) in [5, 5.41) is 6.82. The largest absolute Gasteiger partial charge is 0.497 e. The van der Waals surface area contributed by atoms with Crippen LogP contribution in [0.1, 0.15) is 17.0 Å². The van der Waals surface area contributed by atoms with E-state index in [-0.39, 0.29) is 0 Å². The third-order valence-electron chi connectivity index (χ3n) is 3.51. The van der Waals surface area contributed by atoms with Crippen LogP contribution in [0.2, 0.25) is 0 Å². The fourth-order valence-corrected chi connectivity index (χ4v) is 3.79. The van der Waals surface area contributed by atoms with Crippen LogP contribution in [0.15, 0.2) is 34.6 Å². The van der Waals surface area contributed by atoms with E-state index >= 15 is 0 Å². The van der Waals surface area contributed by atoms with Gasteiger partial charge in [-0.3, -0.25) is 4.99 Å². The van der Waals surface area contributed by atoms with Gasteiger partial charge in [-0.25, -0.2) is 4.98 Å². The standard InChI is InChI=1S/C18H18N4OS2/c1-20-18(13-8-10-24-17(13)19)21-9-4-3-5-16-22-14-7-6-12(23-2)11-15(14)25-16/h6-8,10-11H,4,9,19H2,1-2H3,(H,20,21). The number of anilines is 1. The van der Waals surface area contributed by atoms with E-state index in [4.69, 9.17) is 10.5 Å². The van der Waals surface area contributed by atoms with Gasteiger partial charge in [-0.2, -0.15) is 0 Å². The second kappa shape index (κ2) is 8.01. The van der Waals surface area contributed by atoms with Crippen LogP contribution in [0, 0.1) is 11.8 Å². The first kappa shape index (κ1) is 17.3. The fraction of sp³-hybridized carbons (Fsp3) is 0.222. The molecule has 2 aromatic heterocycles. The number of ether oxygens (including phenoxy) is 1. The SMILES string of the molecule is CN=C(NCCC#Cc1nc2ccc(OC)cc2s1)c1ccsc1N. The molecule has 0 fully saturated rings. The molecule has 5 nitrogen and oxygen atoms in total. The monoisotopic (exact) mass is 370 g/mol. The van der Waals surface area contributed by atoms with E-state index in [2.05, 4.69) is 27.1 Å². The number of hydrogen-bond donors (Lipinski definition) is 2. The number of nitrogens with two attached hydrogens (primary N) is 1. The van der Waals surface area contributed by atoms with E-state index in [0.717, 1.165) is 37.4 Å². The number of thiophene rings is 1. The van der Waals surface area contributed by atoms with Gasteiger partial charge in [0, 0.05) is 20.0 Å². The Morgan fingerprint density at radius 1 is 1.40 bits per heavy atom. The summed E-state index contributed by atoms with van der Waals surface area (Å²) in [4.78, 5) is 8.77. The number of amidine groups is 1. The molecule has 25 heavy (non-hydrogen) atoms. The van der Waals surface area contributed by atoms with Crippen molar-refractivity contribution >= 4 is 43.7 Å². The predicted octanol–water partition coefficient (Wildman–Crippen LogP) is 3.36. The molecule has 0 atom stereocenters. The average molecular weight is 371 g/mol. The quantitative estimate of drug-likeness (QED) is 0.320. The Labute approximate surface area is 154 Å². The maximum absolute atomic E-state index is 5.93. The molecular weight excluding hydrogens is 352 g/mol. The zero-order valence-electron chi connectivity index (χ0n) is 14.0. The Morgan fingerprint density at radius 2 is 2.28 bits per heavy atom. The Kier molecular flexibility index (Phi) is 5.53. The van der Waals surface area contributed by atoms with Gasteiger partial charge in [0.1, 0.15) is 11.6 Å². The first-order valence-corrected chi connectivity index (χ1v) is 9.38. The number of nitrogen functional groups attached to an aromatic ring is 1. The first-order valence-electron chi connectivity index (χ1n) is 7.68. The van der Waals surface area contributed by atoms with E-state index < -0.39 is 0 Å². The topological polar surface area (TPSA) is 72.5 Å². The summed E-state index contributed by atoms with van der Waals surface area (Å²) in [6.07, 6.45) is 0.697. The fourth-order valence-electron chi connectivity index (χ4n) is 2.28. The maximum atomic E-state index is 5.93. The molecule has 0 spiro atoms. The van der Waals surface area contributed by atoms with Crippen LogP contribution in [0.25, 0.3) is 10.2 Å². The Hall–Kier alpha value is -2.56. The third kappa shape index (κ3) is 4.10. The van der Waals surface area contributed by atoms with Crippen LogP contribution in [0.5, 0.6) is 5.75 Å². The van der Waals surface area contributed by atoms with Crippen molar-refractivity contribution in [3.63, 3.8) is 0 Å². The highest BCUT2D eigenvalue weighted by molar-refractivity contribution is 7.19. The van der Waals surface area contributed by atoms with Crippen molar-refractivity contribution in [2.75, 3.05) is 26.4 Å². The third-order valence-corrected chi connectivity index (χ3v) is 5.19. The number of benzene rings is 1. The van der Waals surface area contributed by atoms with Crippen molar-refractivity contribution in [3.8, 4) is 17.6 Å². The molecule has 2 heterocycles. The number of thiazole rings is 1. The molecule has 0 bridgehead atoms. The van der Waals surface area contributed by atoms with Crippen LogP contribution < -0.4 is 15.8 Å². The van der Waals surface area contributed by atoms with Gasteiger partial charge in [0.05, 0.1) is 27.9 Å². The molecule has 0 unspecified atom stereocenters. The van der Waals surface area contributed by atoms with Crippen molar-refractivity contribution in [1.29, 1.82) is 0 Å². The van der Waals surface area contributed by atoms with E-state index in [0.29, 0.717) is 13.0 Å². The summed E-state index contributed by atoms with van der Waals surface area (Å²) < 4.78 is 6.31. The van der Waals surface area contributed by atoms with Gasteiger partial charge in [0.25, 0.3) is 0 Å². The minimum Gasteiger partial charge on any atom is -0.497 e. The summed E-state index contributed by atoms with van der Waals surface area (Å²) in [6.45, 7) is 0.702. The summed E-state index contributed by atoms with van der Waals surface area (Å²) in [5.41, 5.74) is 7.83. The van der Waals surface area contributed by atoms with Crippen LogP contribution in [0.3, 0.4) is 0 Å². The average Bonchev–Trinajstić information content (AvgIpc) is 3.23. The number of nitrogens with zero attached hydrogens (tertiary/aromatic N) is 2. The molecule has 128 valence electrons. The van der Waals surface area contributed by atoms with Gasteiger partial charge in [0.15, 0.2) is 5.01 Å². The number of methoxy groups -OCH3 is 1. The molecule has 3 aromatic rings. The minimum atomic E-state index is 0.697. The van der Waals surface area contributed by atoms with Gasteiger partial charge in [-0.15, -0.1) is 22.7 Å². The van der Waals surface area contributed by atoms with E-state index in [9.17, 15) is 0 Å².